The minimum atomic E-state index is -1.02. The van der Waals surface area contributed by atoms with Gasteiger partial charge in [-0.2, -0.15) is 11.8 Å². The van der Waals surface area contributed by atoms with Crippen molar-refractivity contribution in [3.8, 4) is 11.1 Å². The van der Waals surface area contributed by atoms with Crippen LogP contribution in [0, 0.1) is 6.92 Å². The molecule has 0 aliphatic heterocycles. The van der Waals surface area contributed by atoms with Crippen LogP contribution in [0.5, 0.6) is 0 Å². The molecule has 0 unspecified atom stereocenters. The minimum Gasteiger partial charge on any atom is -1.00 e. The third-order valence-electron chi connectivity index (χ3n) is 6.22. The molecule has 0 aliphatic carbocycles. The molecule has 0 radical (unpaired) electrons. The van der Waals surface area contributed by atoms with Crippen LogP contribution in [0.2, 0.25) is 0 Å². The summed E-state index contributed by atoms with van der Waals surface area (Å²) in [5.41, 5.74) is 5.29. The van der Waals surface area contributed by atoms with Crippen molar-refractivity contribution < 1.29 is 35.0 Å². The first-order valence-corrected chi connectivity index (χ1v) is 13.3. The van der Waals surface area contributed by atoms with Gasteiger partial charge in [-0.15, -0.1) is 0 Å². The maximum atomic E-state index is 13.3. The summed E-state index contributed by atoms with van der Waals surface area (Å²) < 4.78 is 0. The minimum absolute atomic E-state index is 0. The number of hydrogen-bond donors (Lipinski definition) is 2. The van der Waals surface area contributed by atoms with E-state index >= 15 is 0 Å². The Morgan fingerprint density at radius 1 is 0.946 bits per heavy atom. The monoisotopic (exact) mass is 503 g/mol. The first kappa shape index (κ1) is 28.3. The van der Waals surface area contributed by atoms with Crippen LogP contribution < -0.4 is 24.2 Å². The summed E-state index contributed by atoms with van der Waals surface area (Å²) in [7, 11) is 0. The van der Waals surface area contributed by atoms with Crippen LogP contribution in [-0.2, 0) is 4.79 Å². The Kier molecular flexibility index (Phi) is 10.2. The summed E-state index contributed by atoms with van der Waals surface area (Å²) >= 11 is 1.56. The van der Waals surface area contributed by atoms with Gasteiger partial charge in [0.1, 0.15) is 6.04 Å². The molecule has 184 valence electrons. The Hall–Kier alpha value is -3.23. The van der Waals surface area contributed by atoms with Crippen molar-refractivity contribution in [3.05, 3.63) is 107 Å². The molecular weight excluding hydrogens is 473 g/mol. The number of carbonyl (C=O) groups excluding carboxylic acids is 1. The van der Waals surface area contributed by atoms with Gasteiger partial charge < -0.3 is 11.8 Å². The number of amides is 1. The first-order valence-electron chi connectivity index (χ1n) is 11.9. The second-order valence-corrected chi connectivity index (χ2v) is 9.65. The van der Waals surface area contributed by atoms with Gasteiger partial charge in [-0.3, -0.25) is 4.79 Å². The van der Waals surface area contributed by atoms with Gasteiger partial charge in [0.25, 0.3) is 5.91 Å². The number of carboxylic acid groups (broad SMARTS) is 1. The van der Waals surface area contributed by atoms with Crippen molar-refractivity contribution in [1.82, 2.24) is 5.32 Å². The van der Waals surface area contributed by atoms with Crippen molar-refractivity contribution in [3.63, 3.8) is 0 Å². The summed E-state index contributed by atoms with van der Waals surface area (Å²) in [4.78, 5) is 25.0. The molecule has 0 saturated carbocycles. The Morgan fingerprint density at radius 3 is 2.43 bits per heavy atom. The summed E-state index contributed by atoms with van der Waals surface area (Å²) in [5, 5.41) is 14.7. The fourth-order valence-electron chi connectivity index (χ4n) is 4.27. The Balaban J connectivity index is 0.00000253. The Labute approximate surface area is 235 Å². The van der Waals surface area contributed by atoms with Crippen LogP contribution in [-0.4, -0.2) is 35.0 Å². The van der Waals surface area contributed by atoms with Crippen LogP contribution in [0.25, 0.3) is 34.1 Å². The average molecular weight is 504 g/mol. The van der Waals surface area contributed by atoms with Gasteiger partial charge in [-0.1, -0.05) is 84.9 Å². The van der Waals surface area contributed by atoms with E-state index in [2.05, 4.69) is 35.7 Å². The van der Waals surface area contributed by atoms with Gasteiger partial charge >= 0.3 is 24.8 Å². The zero-order chi connectivity index (χ0) is 25.5. The molecule has 4 nitrogen and oxygen atoms in total. The van der Waals surface area contributed by atoms with Crippen molar-refractivity contribution in [2.75, 3.05) is 12.0 Å². The first-order chi connectivity index (χ1) is 17.5. The van der Waals surface area contributed by atoms with Gasteiger partial charge in [-0.25, -0.2) is 4.79 Å². The molecule has 0 saturated heterocycles. The zero-order valence-electron chi connectivity index (χ0n) is 22.4. The van der Waals surface area contributed by atoms with Crippen LogP contribution in [0.1, 0.15) is 34.9 Å². The topological polar surface area (TPSA) is 66.4 Å². The molecule has 0 aliphatic rings. The van der Waals surface area contributed by atoms with E-state index in [0.29, 0.717) is 17.7 Å². The number of rotatable bonds is 9. The second kappa shape index (κ2) is 13.4. The molecule has 6 heteroatoms. The molecule has 0 fully saturated rings. The molecular formula is C31H30LiNO3S. The largest absolute Gasteiger partial charge is 1.00 e. The van der Waals surface area contributed by atoms with Gasteiger partial charge in [-0.05, 0) is 76.1 Å². The molecule has 4 aromatic rings. The number of carbonyl (C=O) groups is 2. The molecule has 4 rings (SSSR count). The number of aliphatic carboxylic acids is 1. The van der Waals surface area contributed by atoms with Crippen molar-refractivity contribution in [2.24, 2.45) is 0 Å². The van der Waals surface area contributed by atoms with E-state index in [1.807, 2.05) is 73.9 Å². The standard InChI is InChI=1S/C31H29NO3S.Li.H/c1-21-8-3-5-12-25(21)28-20-22(14-16-24-11-7-10-23-9-4-6-13-26(23)24)15-17-27(28)30(33)32-29(31(34)35)18-19-36-2;;/h3-17,20,29H,18-19H2,1-2H3,(H,32,33)(H,34,35);;/q;+1;-1/t29-;;/m0../s1. The van der Waals surface area contributed by atoms with Crippen LogP contribution in [0.4, 0.5) is 0 Å². The van der Waals surface area contributed by atoms with Crippen LogP contribution in [0.3, 0.4) is 0 Å². The summed E-state index contributed by atoms with van der Waals surface area (Å²) in [6, 6.07) is 27.2. The van der Waals surface area contributed by atoms with E-state index < -0.39 is 12.0 Å². The summed E-state index contributed by atoms with van der Waals surface area (Å²) in [6.07, 6.45) is 6.42. The third-order valence-corrected chi connectivity index (χ3v) is 6.86. The molecule has 2 N–H and O–H groups in total. The van der Waals surface area contributed by atoms with E-state index in [9.17, 15) is 14.7 Å². The normalized spacial score (nSPS) is 11.7. The molecule has 1 amide bonds. The molecule has 4 aromatic carbocycles. The maximum absolute atomic E-state index is 13.3. The van der Waals surface area contributed by atoms with Crippen molar-refractivity contribution in [1.29, 1.82) is 0 Å². The molecule has 37 heavy (non-hydrogen) atoms. The molecule has 0 heterocycles. The van der Waals surface area contributed by atoms with Crippen LogP contribution in [0.15, 0.2) is 84.9 Å². The van der Waals surface area contributed by atoms with Gasteiger partial charge in [0.05, 0.1) is 0 Å². The second-order valence-electron chi connectivity index (χ2n) is 8.67. The fourth-order valence-corrected chi connectivity index (χ4v) is 4.74. The SMILES string of the molecule is CSCC[C@H](NC(=O)c1ccc(C=Cc2cccc3ccccc23)cc1-c1ccccc1C)C(=O)O.[H-].[Li+]. The predicted molar refractivity (Wildman–Crippen MR) is 152 cm³/mol. The van der Waals surface area contributed by atoms with Gasteiger partial charge in [0.15, 0.2) is 0 Å². The molecule has 0 bridgehead atoms. The molecule has 0 spiro atoms. The number of benzene rings is 4. The quantitative estimate of drug-likeness (QED) is 0.267. The molecule has 1 atom stereocenters. The predicted octanol–water partition coefficient (Wildman–Crippen LogP) is 4.04. The van der Waals surface area contributed by atoms with E-state index in [4.69, 9.17) is 0 Å². The molecule has 0 aromatic heterocycles. The van der Waals surface area contributed by atoms with E-state index in [1.54, 1.807) is 17.8 Å². The average Bonchev–Trinajstić information content (AvgIpc) is 2.89. The number of hydrogen-bond acceptors (Lipinski definition) is 3. The number of aryl methyl sites for hydroxylation is 1. The third kappa shape index (κ3) is 6.96. The Morgan fingerprint density at radius 2 is 1.68 bits per heavy atom. The summed E-state index contributed by atoms with van der Waals surface area (Å²) in [5.74, 6) is -0.754. The fraction of sp³-hybridized carbons (Fsp3) is 0.161. The van der Waals surface area contributed by atoms with Crippen molar-refractivity contribution >= 4 is 46.6 Å². The van der Waals surface area contributed by atoms with E-state index in [0.717, 1.165) is 27.8 Å². The Bertz CT molecular complexity index is 1430. The van der Waals surface area contributed by atoms with Gasteiger partial charge in [0.2, 0.25) is 0 Å². The number of nitrogens with one attached hydrogen (secondary N) is 1. The zero-order valence-corrected chi connectivity index (χ0v) is 22.2. The van der Waals surface area contributed by atoms with Crippen molar-refractivity contribution in [2.45, 2.75) is 19.4 Å². The summed E-state index contributed by atoms with van der Waals surface area (Å²) in [6.45, 7) is 2.01. The number of carboxylic acids is 1. The van der Waals surface area contributed by atoms with Crippen LogP contribution >= 0.6 is 11.8 Å². The number of thioether (sulfide) groups is 1. The maximum Gasteiger partial charge on any atom is 1.00 e. The van der Waals surface area contributed by atoms with Gasteiger partial charge in [0, 0.05) is 5.56 Å². The smallest absolute Gasteiger partial charge is 1.00 e. The number of fused-ring (bicyclic) bond motifs is 1. The van der Waals surface area contributed by atoms with E-state index in [-0.39, 0.29) is 26.2 Å². The van der Waals surface area contributed by atoms with E-state index in [1.165, 1.54) is 10.8 Å².